The van der Waals surface area contributed by atoms with Gasteiger partial charge in [-0.1, -0.05) is 19.9 Å². The van der Waals surface area contributed by atoms with Gasteiger partial charge in [-0.05, 0) is 43.0 Å². The number of urea groups is 1. The summed E-state index contributed by atoms with van der Waals surface area (Å²) < 4.78 is 0. The third-order valence-electron chi connectivity index (χ3n) is 5.92. The number of carbonyl (C=O) groups excluding carboxylic acids is 3. The molecular formula is C23H28N6O3. The second-order valence-electron chi connectivity index (χ2n) is 8.69. The number of nitrogens with zero attached hydrogens (tertiary/aromatic N) is 5. The Bertz CT molecular complexity index is 1040. The molecule has 2 aliphatic heterocycles. The Morgan fingerprint density at radius 2 is 1.78 bits per heavy atom. The molecule has 2 aromatic rings. The quantitative estimate of drug-likeness (QED) is 0.738. The van der Waals surface area contributed by atoms with Crippen LogP contribution in [0, 0.1) is 19.8 Å². The minimum atomic E-state index is -0.608. The van der Waals surface area contributed by atoms with Crippen LogP contribution < -0.4 is 15.1 Å². The summed E-state index contributed by atoms with van der Waals surface area (Å²) in [7, 11) is 0. The van der Waals surface area contributed by atoms with Crippen molar-refractivity contribution >= 4 is 29.5 Å². The van der Waals surface area contributed by atoms with Gasteiger partial charge in [0.2, 0.25) is 0 Å². The van der Waals surface area contributed by atoms with Crippen LogP contribution in [0.4, 0.5) is 16.4 Å². The molecule has 4 rings (SSSR count). The van der Waals surface area contributed by atoms with E-state index in [0.29, 0.717) is 37.6 Å². The molecule has 32 heavy (non-hydrogen) atoms. The van der Waals surface area contributed by atoms with Crippen molar-refractivity contribution in [1.82, 2.24) is 20.2 Å². The lowest BCUT2D eigenvalue weighted by atomic mass is 10.0. The zero-order valence-corrected chi connectivity index (χ0v) is 18.8. The summed E-state index contributed by atoms with van der Waals surface area (Å²) in [5.74, 6) is 0.830. The molecule has 4 heterocycles. The van der Waals surface area contributed by atoms with Crippen LogP contribution >= 0.6 is 0 Å². The number of carbonyl (C=O) groups is 3. The van der Waals surface area contributed by atoms with Crippen LogP contribution in [-0.2, 0) is 4.79 Å². The summed E-state index contributed by atoms with van der Waals surface area (Å²) in [6, 6.07) is 4.30. The fourth-order valence-corrected chi connectivity index (χ4v) is 4.33. The maximum atomic E-state index is 13.0. The number of imide groups is 1. The lowest BCUT2D eigenvalue weighted by Crippen LogP contribution is -2.49. The maximum Gasteiger partial charge on any atom is 0.330 e. The fraction of sp³-hybridized carbons (Fsp3) is 0.435. The number of aromatic nitrogens is 2. The average molecular weight is 437 g/mol. The molecule has 2 saturated heterocycles. The van der Waals surface area contributed by atoms with Gasteiger partial charge in [0.15, 0.2) is 0 Å². The van der Waals surface area contributed by atoms with Gasteiger partial charge < -0.3 is 9.80 Å². The minimum absolute atomic E-state index is 0.0625. The topological polar surface area (TPSA) is 98.7 Å². The molecule has 1 atom stereocenters. The molecule has 0 aliphatic carbocycles. The maximum absolute atomic E-state index is 13.0. The van der Waals surface area contributed by atoms with Crippen LogP contribution in [0.5, 0.6) is 0 Å². The largest absolute Gasteiger partial charge is 0.353 e. The van der Waals surface area contributed by atoms with Gasteiger partial charge >= 0.3 is 6.03 Å². The highest BCUT2D eigenvalue weighted by Gasteiger charge is 2.41. The number of pyridine rings is 2. The van der Waals surface area contributed by atoms with Crippen molar-refractivity contribution in [2.75, 3.05) is 36.0 Å². The smallest absolute Gasteiger partial charge is 0.330 e. The van der Waals surface area contributed by atoms with E-state index in [9.17, 15) is 14.4 Å². The molecule has 168 valence electrons. The van der Waals surface area contributed by atoms with E-state index in [1.807, 2.05) is 27.0 Å². The summed E-state index contributed by atoms with van der Waals surface area (Å²) in [6.45, 7) is 10.4. The standard InChI is InChI=1S/C23H28N6O3/c1-14(2)19-21(30)26-23(32)29(19)18-6-5-17(13-24-18)22(31)28-9-7-27(8-10-28)20-16(4)11-15(3)12-25-20/h5-6,11-14,19H,7-10H2,1-4H3,(H,26,30,32). The van der Waals surface area contributed by atoms with Crippen LogP contribution in [0.2, 0.25) is 0 Å². The van der Waals surface area contributed by atoms with Crippen molar-refractivity contribution < 1.29 is 14.4 Å². The van der Waals surface area contributed by atoms with Crippen molar-refractivity contribution in [3.8, 4) is 0 Å². The van der Waals surface area contributed by atoms with Crippen LogP contribution in [0.15, 0.2) is 30.6 Å². The van der Waals surface area contributed by atoms with E-state index in [1.165, 1.54) is 11.1 Å². The van der Waals surface area contributed by atoms with Gasteiger partial charge in [0.1, 0.15) is 17.7 Å². The summed E-state index contributed by atoms with van der Waals surface area (Å²) >= 11 is 0. The predicted molar refractivity (Wildman–Crippen MR) is 121 cm³/mol. The molecule has 2 aromatic heterocycles. The molecule has 0 spiro atoms. The molecule has 2 fully saturated rings. The molecule has 1 N–H and O–H groups in total. The van der Waals surface area contributed by atoms with Crippen LogP contribution in [0.3, 0.4) is 0 Å². The molecule has 4 amide bonds. The number of piperazine rings is 1. The normalized spacial score (nSPS) is 19.0. The Morgan fingerprint density at radius 1 is 1.06 bits per heavy atom. The van der Waals surface area contributed by atoms with Crippen molar-refractivity contribution in [3.05, 3.63) is 47.3 Å². The van der Waals surface area contributed by atoms with E-state index >= 15 is 0 Å². The van der Waals surface area contributed by atoms with Crippen LogP contribution in [0.25, 0.3) is 0 Å². The molecule has 0 saturated carbocycles. The van der Waals surface area contributed by atoms with E-state index in [-0.39, 0.29) is 17.7 Å². The summed E-state index contributed by atoms with van der Waals surface area (Å²) in [5, 5.41) is 2.33. The monoisotopic (exact) mass is 436 g/mol. The van der Waals surface area contributed by atoms with E-state index in [1.54, 1.807) is 17.0 Å². The van der Waals surface area contributed by atoms with Crippen LogP contribution in [0.1, 0.15) is 35.3 Å². The third-order valence-corrected chi connectivity index (χ3v) is 5.92. The number of aryl methyl sites for hydroxylation is 2. The lowest BCUT2D eigenvalue weighted by molar-refractivity contribution is -0.120. The third kappa shape index (κ3) is 4.02. The number of hydrogen-bond acceptors (Lipinski definition) is 6. The first kappa shape index (κ1) is 21.7. The number of hydrogen-bond donors (Lipinski definition) is 1. The molecule has 9 heteroatoms. The van der Waals surface area contributed by atoms with E-state index < -0.39 is 12.1 Å². The molecular weight excluding hydrogens is 408 g/mol. The second-order valence-corrected chi connectivity index (χ2v) is 8.69. The number of amides is 4. The highest BCUT2D eigenvalue weighted by molar-refractivity contribution is 6.14. The van der Waals surface area contributed by atoms with E-state index in [4.69, 9.17) is 0 Å². The first-order valence-electron chi connectivity index (χ1n) is 10.8. The summed E-state index contributed by atoms with van der Waals surface area (Å²) in [4.78, 5) is 51.5. The Hall–Kier alpha value is -3.49. The van der Waals surface area contributed by atoms with Gasteiger partial charge in [0, 0.05) is 38.6 Å². The Labute approximate surface area is 187 Å². The fourth-order valence-electron chi connectivity index (χ4n) is 4.33. The SMILES string of the molecule is Cc1cnc(N2CCN(C(=O)c3ccc(N4C(=O)NC(=O)C4C(C)C)nc3)CC2)c(C)c1. The highest BCUT2D eigenvalue weighted by Crippen LogP contribution is 2.24. The van der Waals surface area contributed by atoms with Crippen molar-refractivity contribution in [3.63, 3.8) is 0 Å². The Morgan fingerprint density at radius 3 is 2.38 bits per heavy atom. The van der Waals surface area contributed by atoms with Gasteiger partial charge in [-0.3, -0.25) is 19.8 Å². The molecule has 0 aromatic carbocycles. The van der Waals surface area contributed by atoms with E-state index in [0.717, 1.165) is 16.9 Å². The van der Waals surface area contributed by atoms with Gasteiger partial charge in [-0.25, -0.2) is 14.8 Å². The molecule has 0 radical (unpaired) electrons. The van der Waals surface area contributed by atoms with Gasteiger partial charge in [0.25, 0.3) is 11.8 Å². The zero-order chi connectivity index (χ0) is 23.0. The number of rotatable bonds is 4. The van der Waals surface area contributed by atoms with Gasteiger partial charge in [-0.2, -0.15) is 0 Å². The van der Waals surface area contributed by atoms with Gasteiger partial charge in [-0.15, -0.1) is 0 Å². The number of nitrogens with one attached hydrogen (secondary N) is 1. The molecule has 1 unspecified atom stereocenters. The van der Waals surface area contributed by atoms with Crippen LogP contribution in [-0.4, -0.2) is 64.9 Å². The zero-order valence-electron chi connectivity index (χ0n) is 18.8. The average Bonchev–Trinajstić information content (AvgIpc) is 3.07. The van der Waals surface area contributed by atoms with Crippen molar-refractivity contribution in [2.45, 2.75) is 33.7 Å². The van der Waals surface area contributed by atoms with Gasteiger partial charge in [0.05, 0.1) is 5.56 Å². The minimum Gasteiger partial charge on any atom is -0.353 e. The first-order valence-corrected chi connectivity index (χ1v) is 10.8. The van der Waals surface area contributed by atoms with E-state index in [2.05, 4.69) is 33.2 Å². The summed E-state index contributed by atoms with van der Waals surface area (Å²) in [6.07, 6.45) is 3.34. The molecule has 2 aliphatic rings. The Kier molecular flexibility index (Phi) is 5.82. The molecule has 0 bridgehead atoms. The van der Waals surface area contributed by atoms with Crippen molar-refractivity contribution in [2.24, 2.45) is 5.92 Å². The molecule has 9 nitrogen and oxygen atoms in total. The predicted octanol–water partition coefficient (Wildman–Crippen LogP) is 2.14. The number of anilines is 2. The summed E-state index contributed by atoms with van der Waals surface area (Å²) in [5.41, 5.74) is 2.72. The Balaban J connectivity index is 1.42. The highest BCUT2D eigenvalue weighted by atomic mass is 16.2. The second kappa shape index (κ2) is 8.57. The first-order chi connectivity index (χ1) is 15.3. The van der Waals surface area contributed by atoms with Crippen molar-refractivity contribution in [1.29, 1.82) is 0 Å². The lowest BCUT2D eigenvalue weighted by Gasteiger charge is -2.36.